The molecule has 0 saturated heterocycles. The number of Topliss-reactive ketones (excluding diaryl/α,β-unsaturated/α-hetero) is 1. The van der Waals surface area contributed by atoms with Crippen molar-refractivity contribution in [2.75, 3.05) is 5.01 Å². The van der Waals surface area contributed by atoms with Crippen LogP contribution in [0.1, 0.15) is 27.5 Å². The normalized spacial score (nSPS) is 17.0. The number of rotatable bonds is 6. The highest BCUT2D eigenvalue weighted by atomic mass is 35.5. The Morgan fingerprint density at radius 3 is 2.03 bits per heavy atom. The van der Waals surface area contributed by atoms with Gasteiger partial charge in [0, 0.05) is 28.5 Å². The molecule has 1 aliphatic rings. The number of nitrogens with one attached hydrogen (secondary N) is 1. The number of halogens is 1. The van der Waals surface area contributed by atoms with Crippen molar-refractivity contribution >= 4 is 28.8 Å². The predicted octanol–water partition coefficient (Wildman–Crippen LogP) is 7.80. The summed E-state index contributed by atoms with van der Waals surface area (Å²) in [5.74, 6) is -0.525. The molecule has 5 heteroatoms. The number of nitrogens with zero attached hydrogens (tertiary/aromatic N) is 2. The number of carbonyl (C=O) groups is 1. The largest absolute Gasteiger partial charge is 0.366 e. The fourth-order valence-electron chi connectivity index (χ4n) is 5.03. The number of carbonyl (C=O) groups excluding carboxylic acids is 1. The lowest BCUT2D eigenvalue weighted by Gasteiger charge is -2.28. The number of anilines is 1. The summed E-state index contributed by atoms with van der Waals surface area (Å²) in [6, 6.07) is 37.4. The number of ketones is 1. The average molecular weight is 502 g/mol. The van der Waals surface area contributed by atoms with E-state index in [2.05, 4.69) is 17.1 Å². The summed E-state index contributed by atoms with van der Waals surface area (Å²) in [5.41, 5.74) is 6.06. The number of hydrazone groups is 1. The second-order valence-electron chi connectivity index (χ2n) is 9.02. The molecular weight excluding hydrogens is 478 g/mol. The molecule has 180 valence electrons. The highest BCUT2D eigenvalue weighted by Crippen LogP contribution is 2.43. The molecule has 1 N–H and O–H groups in total. The number of hydrogen-bond donors (Lipinski definition) is 1. The van der Waals surface area contributed by atoms with Crippen molar-refractivity contribution < 1.29 is 4.79 Å². The Balaban J connectivity index is 1.53. The Labute approximate surface area is 220 Å². The van der Waals surface area contributed by atoms with E-state index in [-0.39, 0.29) is 11.8 Å². The van der Waals surface area contributed by atoms with Crippen LogP contribution < -0.4 is 5.01 Å². The Hall–Kier alpha value is -4.41. The molecule has 2 unspecified atom stereocenters. The van der Waals surface area contributed by atoms with E-state index in [0.717, 1.165) is 33.7 Å². The van der Waals surface area contributed by atoms with Gasteiger partial charge in [0.05, 0.1) is 23.4 Å². The van der Waals surface area contributed by atoms with Crippen molar-refractivity contribution in [3.8, 4) is 11.1 Å². The Morgan fingerprint density at radius 2 is 1.35 bits per heavy atom. The van der Waals surface area contributed by atoms with E-state index >= 15 is 0 Å². The molecule has 4 aromatic carbocycles. The monoisotopic (exact) mass is 501 g/mol. The van der Waals surface area contributed by atoms with Gasteiger partial charge in [0.15, 0.2) is 5.78 Å². The summed E-state index contributed by atoms with van der Waals surface area (Å²) in [5, 5.41) is 7.73. The van der Waals surface area contributed by atoms with Gasteiger partial charge in [-0.15, -0.1) is 0 Å². The quantitative estimate of drug-likeness (QED) is 0.241. The first-order valence-electron chi connectivity index (χ1n) is 12.2. The molecule has 4 nitrogen and oxygen atoms in total. The van der Waals surface area contributed by atoms with E-state index in [1.54, 1.807) is 6.20 Å². The van der Waals surface area contributed by atoms with Gasteiger partial charge in [0.25, 0.3) is 0 Å². The van der Waals surface area contributed by atoms with Crippen LogP contribution in [0, 0.1) is 5.92 Å². The summed E-state index contributed by atoms with van der Waals surface area (Å²) >= 11 is 6.21. The lowest BCUT2D eigenvalue weighted by atomic mass is 9.81. The Morgan fingerprint density at radius 1 is 0.730 bits per heavy atom. The van der Waals surface area contributed by atoms with Crippen molar-refractivity contribution in [1.82, 2.24) is 4.98 Å². The molecule has 6 rings (SSSR count). The first-order chi connectivity index (χ1) is 18.2. The van der Waals surface area contributed by atoms with Gasteiger partial charge in [-0.3, -0.25) is 9.80 Å². The van der Waals surface area contributed by atoms with E-state index in [1.807, 2.05) is 114 Å². The van der Waals surface area contributed by atoms with Crippen LogP contribution in [0.3, 0.4) is 0 Å². The summed E-state index contributed by atoms with van der Waals surface area (Å²) in [7, 11) is 0. The number of para-hydroxylation sites is 1. The molecule has 1 aromatic heterocycles. The molecule has 37 heavy (non-hydrogen) atoms. The van der Waals surface area contributed by atoms with Crippen LogP contribution in [0.15, 0.2) is 133 Å². The number of aromatic amines is 1. The van der Waals surface area contributed by atoms with Crippen LogP contribution in [0.2, 0.25) is 5.02 Å². The van der Waals surface area contributed by atoms with Crippen LogP contribution in [-0.2, 0) is 0 Å². The molecule has 2 heterocycles. The van der Waals surface area contributed by atoms with Gasteiger partial charge in [-0.25, -0.2) is 0 Å². The van der Waals surface area contributed by atoms with Crippen molar-refractivity contribution in [3.63, 3.8) is 0 Å². The zero-order valence-electron chi connectivity index (χ0n) is 20.0. The second kappa shape index (κ2) is 9.92. The fraction of sp³-hybridized carbons (Fsp3) is 0.0625. The molecule has 0 amide bonds. The molecule has 0 spiro atoms. The second-order valence-corrected chi connectivity index (χ2v) is 9.45. The van der Waals surface area contributed by atoms with E-state index in [0.29, 0.717) is 10.6 Å². The minimum absolute atomic E-state index is 0.0149. The number of benzene rings is 4. The standard InChI is InChI=1S/C32H24ClN3O/c33-25-18-16-23(17-19-25)30-29(32(37)28-21-34-20-27(28)22-10-4-1-5-11-22)31(24-12-6-2-7-13-24)36(35-30)26-14-8-3-9-15-26/h1-21,29,31,34H. The van der Waals surface area contributed by atoms with Gasteiger partial charge in [-0.1, -0.05) is 103 Å². The van der Waals surface area contributed by atoms with E-state index in [9.17, 15) is 4.79 Å². The Kier molecular flexibility index (Phi) is 6.17. The molecule has 0 fully saturated rings. The van der Waals surface area contributed by atoms with Crippen LogP contribution in [0.5, 0.6) is 0 Å². The van der Waals surface area contributed by atoms with Crippen LogP contribution in [0.25, 0.3) is 11.1 Å². The minimum Gasteiger partial charge on any atom is -0.366 e. The van der Waals surface area contributed by atoms with Crippen molar-refractivity contribution in [2.45, 2.75) is 6.04 Å². The summed E-state index contributed by atoms with van der Waals surface area (Å²) in [6.45, 7) is 0. The predicted molar refractivity (Wildman–Crippen MR) is 150 cm³/mol. The smallest absolute Gasteiger partial charge is 0.176 e. The van der Waals surface area contributed by atoms with E-state index < -0.39 is 5.92 Å². The SMILES string of the molecule is O=C(c1c[nH]cc1-c1ccccc1)C1C(c2ccc(Cl)cc2)=NN(c2ccccc2)C1c1ccccc1. The maximum Gasteiger partial charge on any atom is 0.176 e. The zero-order chi connectivity index (χ0) is 25.2. The van der Waals surface area contributed by atoms with E-state index in [1.165, 1.54) is 0 Å². The molecular formula is C32H24ClN3O. The molecule has 0 aliphatic carbocycles. The van der Waals surface area contributed by atoms with Gasteiger partial charge in [-0.2, -0.15) is 5.10 Å². The van der Waals surface area contributed by atoms with Crippen LogP contribution >= 0.6 is 11.6 Å². The first kappa shape index (κ1) is 23.0. The fourth-order valence-corrected chi connectivity index (χ4v) is 5.16. The Bertz CT molecular complexity index is 1540. The van der Waals surface area contributed by atoms with E-state index in [4.69, 9.17) is 16.7 Å². The highest BCUT2D eigenvalue weighted by Gasteiger charge is 2.45. The lowest BCUT2D eigenvalue weighted by Crippen LogP contribution is -2.32. The third-order valence-electron chi connectivity index (χ3n) is 6.77. The van der Waals surface area contributed by atoms with Crippen LogP contribution in [-0.4, -0.2) is 16.5 Å². The van der Waals surface area contributed by atoms with Crippen LogP contribution in [0.4, 0.5) is 5.69 Å². The molecule has 1 aliphatic heterocycles. The number of hydrogen-bond acceptors (Lipinski definition) is 3. The van der Waals surface area contributed by atoms with Gasteiger partial charge in [-0.05, 0) is 41.0 Å². The third-order valence-corrected chi connectivity index (χ3v) is 7.02. The van der Waals surface area contributed by atoms with Gasteiger partial charge in [0.2, 0.25) is 0 Å². The average Bonchev–Trinajstić information content (AvgIpc) is 3.61. The van der Waals surface area contributed by atoms with Gasteiger partial charge in [0.1, 0.15) is 0 Å². The molecule has 0 saturated carbocycles. The summed E-state index contributed by atoms with van der Waals surface area (Å²) < 4.78 is 0. The third kappa shape index (κ3) is 4.37. The van der Waals surface area contributed by atoms with Crippen molar-refractivity contribution in [3.05, 3.63) is 149 Å². The summed E-state index contributed by atoms with van der Waals surface area (Å²) in [6.07, 6.45) is 3.69. The molecule has 0 radical (unpaired) electrons. The maximum absolute atomic E-state index is 14.6. The summed E-state index contributed by atoms with van der Waals surface area (Å²) in [4.78, 5) is 17.7. The topological polar surface area (TPSA) is 48.5 Å². The highest BCUT2D eigenvalue weighted by molar-refractivity contribution is 6.30. The number of H-pyrrole nitrogens is 1. The van der Waals surface area contributed by atoms with Gasteiger partial charge >= 0.3 is 0 Å². The molecule has 0 bridgehead atoms. The zero-order valence-corrected chi connectivity index (χ0v) is 20.7. The molecule has 5 aromatic rings. The lowest BCUT2D eigenvalue weighted by molar-refractivity contribution is 0.0945. The first-order valence-corrected chi connectivity index (χ1v) is 12.6. The van der Waals surface area contributed by atoms with Crippen molar-refractivity contribution in [1.29, 1.82) is 0 Å². The number of aromatic nitrogens is 1. The molecule has 2 atom stereocenters. The maximum atomic E-state index is 14.6. The van der Waals surface area contributed by atoms with Gasteiger partial charge < -0.3 is 4.98 Å². The van der Waals surface area contributed by atoms with Crippen molar-refractivity contribution in [2.24, 2.45) is 11.0 Å². The minimum atomic E-state index is -0.540.